The summed E-state index contributed by atoms with van der Waals surface area (Å²) >= 11 is 0. The van der Waals surface area contributed by atoms with Gasteiger partial charge < -0.3 is 12.4 Å². The van der Waals surface area contributed by atoms with E-state index in [0.29, 0.717) is 0 Å². The highest BCUT2D eigenvalue weighted by Gasteiger charge is 1.84. The summed E-state index contributed by atoms with van der Waals surface area (Å²) in [6.45, 7) is 3.51. The number of rotatable bonds is 1. The molecule has 0 saturated heterocycles. The summed E-state index contributed by atoms with van der Waals surface area (Å²) in [5.74, 6) is 0. The van der Waals surface area contributed by atoms with Crippen molar-refractivity contribution in [2.45, 2.75) is 0 Å². The molecule has 0 aliphatic rings. The zero-order valence-electron chi connectivity index (χ0n) is 4.97. The van der Waals surface area contributed by atoms with Crippen LogP contribution in [0.1, 0.15) is 0 Å². The molecule has 1 aromatic carbocycles. The van der Waals surface area contributed by atoms with Crippen molar-refractivity contribution in [1.82, 2.24) is 0 Å². The second-order valence-electron chi connectivity index (χ2n) is 1.54. The van der Waals surface area contributed by atoms with E-state index in [2.05, 4.69) is 11.7 Å². The molecule has 0 heterocycles. The molecular weight excluding hydrogens is 134 g/mol. The van der Waals surface area contributed by atoms with Crippen molar-refractivity contribution >= 4 is 12.4 Å². The first-order chi connectivity index (χ1) is 3.93. The van der Waals surface area contributed by atoms with Crippen molar-refractivity contribution in [3.63, 3.8) is 0 Å². The fourth-order valence-electron chi connectivity index (χ4n) is 0.556. The Hall–Kier alpha value is -0.820. The second-order valence-corrected chi connectivity index (χ2v) is 1.54. The molecule has 0 spiro atoms. The molecule has 0 aliphatic carbocycles. The van der Waals surface area contributed by atoms with Gasteiger partial charge in [0.1, 0.15) is 6.72 Å². The van der Waals surface area contributed by atoms with Gasteiger partial charge in [-0.3, -0.25) is 0 Å². The quantitative estimate of drug-likeness (QED) is 0.404. The first-order valence-corrected chi connectivity index (χ1v) is 2.51. The molecule has 0 bridgehead atoms. The fourth-order valence-corrected chi connectivity index (χ4v) is 0.556. The van der Waals surface area contributed by atoms with E-state index in [9.17, 15) is 0 Å². The average Bonchev–Trinajstić information content (AvgIpc) is 1.90. The molecule has 1 N–H and O–H groups in total. The summed E-state index contributed by atoms with van der Waals surface area (Å²) in [4.78, 5) is 2.78. The standard InChI is InChI=1S/C7H7N.ClH/c1-8-7-5-3-2-4-6-7;/h2-6H,1H2;1H. The third-order valence-electron chi connectivity index (χ3n) is 0.978. The zero-order valence-corrected chi connectivity index (χ0v) is 5.73. The molecule has 1 nitrogen and oxygen atoms in total. The van der Waals surface area contributed by atoms with E-state index in [1.807, 2.05) is 30.3 Å². The fraction of sp³-hybridized carbons (Fsp3) is 0. The lowest BCUT2D eigenvalue weighted by atomic mass is 10.3. The van der Waals surface area contributed by atoms with Crippen LogP contribution in [0.25, 0.3) is 0 Å². The maximum atomic E-state index is 3.51. The van der Waals surface area contributed by atoms with Crippen LogP contribution in [0.3, 0.4) is 0 Å². The molecule has 9 heavy (non-hydrogen) atoms. The Kier molecular flexibility index (Phi) is 3.72. The van der Waals surface area contributed by atoms with Crippen LogP contribution >= 0.6 is 0 Å². The summed E-state index contributed by atoms with van der Waals surface area (Å²) in [6.07, 6.45) is 0. The number of benzene rings is 1. The normalized spacial score (nSPS) is 7.56. The van der Waals surface area contributed by atoms with Gasteiger partial charge in [0.05, 0.1) is 0 Å². The minimum absolute atomic E-state index is 0. The van der Waals surface area contributed by atoms with Crippen LogP contribution in [0.2, 0.25) is 0 Å². The Morgan fingerprint density at radius 1 is 1.11 bits per heavy atom. The summed E-state index contributed by atoms with van der Waals surface area (Å²) in [5, 5.41) is 0. The molecule has 0 atom stereocenters. The van der Waals surface area contributed by atoms with Crippen LogP contribution < -0.4 is 17.4 Å². The highest BCUT2D eigenvalue weighted by Crippen LogP contribution is 1.93. The molecule has 0 unspecified atom stereocenters. The Labute approximate surface area is 60.8 Å². The Morgan fingerprint density at radius 3 is 2.00 bits per heavy atom. The molecule has 1 rings (SSSR count). The smallest absolute Gasteiger partial charge is 0.202 e. The van der Waals surface area contributed by atoms with Crippen LogP contribution in [0, 0.1) is 0 Å². The van der Waals surface area contributed by atoms with Crippen LogP contribution in [-0.4, -0.2) is 6.72 Å². The van der Waals surface area contributed by atoms with Gasteiger partial charge in [0.2, 0.25) is 5.69 Å². The van der Waals surface area contributed by atoms with Gasteiger partial charge in [0.15, 0.2) is 0 Å². The summed E-state index contributed by atoms with van der Waals surface area (Å²) in [6, 6.07) is 9.84. The van der Waals surface area contributed by atoms with Crippen LogP contribution in [-0.2, 0) is 0 Å². The molecule has 0 aromatic heterocycles. The van der Waals surface area contributed by atoms with Crippen molar-refractivity contribution in [2.24, 2.45) is 0 Å². The molecule has 2 heteroatoms. The van der Waals surface area contributed by atoms with Gasteiger partial charge >= 0.3 is 0 Å². The molecule has 0 aliphatic heterocycles. The minimum Gasteiger partial charge on any atom is -1.00 e. The molecule has 0 fully saturated rings. The van der Waals surface area contributed by atoms with Gasteiger partial charge in [-0.05, 0) is 0 Å². The van der Waals surface area contributed by atoms with Crippen molar-refractivity contribution in [1.29, 1.82) is 0 Å². The van der Waals surface area contributed by atoms with Gasteiger partial charge in [-0.1, -0.05) is 18.2 Å². The molecule has 1 aromatic rings. The SMILES string of the molecule is C=[NH+]c1ccccc1.[Cl-]. The van der Waals surface area contributed by atoms with Gasteiger partial charge in [0, 0.05) is 12.1 Å². The maximum absolute atomic E-state index is 3.51. The molecule has 0 radical (unpaired) electrons. The van der Waals surface area contributed by atoms with E-state index in [1.165, 1.54) is 0 Å². The highest BCUT2D eigenvalue weighted by molar-refractivity contribution is 5.30. The Morgan fingerprint density at radius 2 is 1.67 bits per heavy atom. The van der Waals surface area contributed by atoms with Crippen molar-refractivity contribution < 1.29 is 17.4 Å². The van der Waals surface area contributed by atoms with E-state index in [0.717, 1.165) is 5.69 Å². The lowest BCUT2D eigenvalue weighted by molar-refractivity contribution is -0.342. The van der Waals surface area contributed by atoms with Gasteiger partial charge in [-0.25, -0.2) is 4.99 Å². The molecule has 48 valence electrons. The van der Waals surface area contributed by atoms with E-state index in [4.69, 9.17) is 0 Å². The van der Waals surface area contributed by atoms with Crippen molar-refractivity contribution in [2.75, 3.05) is 0 Å². The first-order valence-electron chi connectivity index (χ1n) is 2.51. The average molecular weight is 142 g/mol. The molecule has 0 saturated carbocycles. The predicted molar refractivity (Wildman–Crippen MR) is 34.2 cm³/mol. The van der Waals surface area contributed by atoms with Crippen LogP contribution in [0.15, 0.2) is 30.3 Å². The third-order valence-corrected chi connectivity index (χ3v) is 0.978. The van der Waals surface area contributed by atoms with Crippen molar-refractivity contribution in [3.05, 3.63) is 30.3 Å². The lowest BCUT2D eigenvalue weighted by Crippen LogP contribution is -3.00. The zero-order chi connectivity index (χ0) is 5.82. The summed E-state index contributed by atoms with van der Waals surface area (Å²) in [5.41, 5.74) is 1.05. The van der Waals surface area contributed by atoms with Crippen LogP contribution in [0.4, 0.5) is 5.69 Å². The van der Waals surface area contributed by atoms with Gasteiger partial charge in [0.25, 0.3) is 0 Å². The van der Waals surface area contributed by atoms with E-state index < -0.39 is 0 Å². The molecule has 0 amide bonds. The predicted octanol–water partition coefficient (Wildman–Crippen LogP) is -2.90. The maximum Gasteiger partial charge on any atom is 0.202 e. The lowest BCUT2D eigenvalue weighted by Gasteiger charge is -1.78. The second kappa shape index (κ2) is 4.10. The minimum atomic E-state index is 0. The summed E-state index contributed by atoms with van der Waals surface area (Å²) in [7, 11) is 0. The number of hydrogen-bond acceptors (Lipinski definition) is 0. The number of hydrogen-bond donors (Lipinski definition) is 1. The Bertz CT molecular complexity index is 172. The topological polar surface area (TPSA) is 14.0 Å². The summed E-state index contributed by atoms with van der Waals surface area (Å²) < 4.78 is 0. The van der Waals surface area contributed by atoms with Gasteiger partial charge in [-0.15, -0.1) is 0 Å². The van der Waals surface area contributed by atoms with Gasteiger partial charge in [-0.2, -0.15) is 0 Å². The first kappa shape index (κ1) is 8.18. The third kappa shape index (κ3) is 2.29. The number of nitrogens with one attached hydrogen (secondary N) is 1. The monoisotopic (exact) mass is 141 g/mol. The Balaban J connectivity index is 0.000000640. The van der Waals surface area contributed by atoms with E-state index in [-0.39, 0.29) is 12.4 Å². The van der Waals surface area contributed by atoms with E-state index in [1.54, 1.807) is 0 Å². The largest absolute Gasteiger partial charge is 1.00 e. The van der Waals surface area contributed by atoms with E-state index >= 15 is 0 Å². The highest BCUT2D eigenvalue weighted by atomic mass is 35.5. The van der Waals surface area contributed by atoms with Crippen LogP contribution in [0.5, 0.6) is 0 Å². The number of halogens is 1. The van der Waals surface area contributed by atoms with Crippen molar-refractivity contribution in [3.8, 4) is 0 Å². The number of para-hydroxylation sites is 1. The molecular formula is C7H8ClN.